The van der Waals surface area contributed by atoms with E-state index in [4.69, 9.17) is 9.47 Å². The van der Waals surface area contributed by atoms with Crippen LogP contribution in [0.4, 0.5) is 0 Å². The van der Waals surface area contributed by atoms with Gasteiger partial charge in [0.05, 0.1) is 0 Å². The minimum atomic E-state index is -1.03. The van der Waals surface area contributed by atoms with Crippen LogP contribution in [-0.2, 0) is 15.0 Å². The third kappa shape index (κ3) is 1.88. The zero-order valence-electron chi connectivity index (χ0n) is 11.0. The van der Waals surface area contributed by atoms with Crippen molar-refractivity contribution in [2.45, 2.75) is 24.8 Å². The standard InChI is InChI=1S/C14H15NO5/c1-14(7-11(16)15-12(14)13(17)18)8-2-3-9-10(6-8)20-5-4-19-9/h2-3,6,12H,4-5,7H2,1H3,(H,15,16)(H,17,18). The number of carbonyl (C=O) groups is 2. The molecule has 2 aliphatic rings. The van der Waals surface area contributed by atoms with E-state index in [2.05, 4.69) is 5.32 Å². The predicted molar refractivity (Wildman–Crippen MR) is 69.0 cm³/mol. The maximum absolute atomic E-state index is 11.6. The van der Waals surface area contributed by atoms with Gasteiger partial charge in [0, 0.05) is 11.8 Å². The van der Waals surface area contributed by atoms with E-state index < -0.39 is 17.4 Å². The fourth-order valence-electron chi connectivity index (χ4n) is 2.81. The Morgan fingerprint density at radius 2 is 2.05 bits per heavy atom. The summed E-state index contributed by atoms with van der Waals surface area (Å²) in [4.78, 5) is 23.0. The van der Waals surface area contributed by atoms with Crippen molar-refractivity contribution in [3.8, 4) is 11.5 Å². The van der Waals surface area contributed by atoms with Crippen molar-refractivity contribution in [2.24, 2.45) is 0 Å². The van der Waals surface area contributed by atoms with Crippen molar-refractivity contribution in [3.05, 3.63) is 23.8 Å². The Labute approximate surface area is 115 Å². The minimum Gasteiger partial charge on any atom is -0.486 e. The van der Waals surface area contributed by atoms with E-state index in [0.29, 0.717) is 24.7 Å². The molecule has 0 bridgehead atoms. The third-order valence-electron chi connectivity index (χ3n) is 3.92. The maximum atomic E-state index is 11.6. The van der Waals surface area contributed by atoms with E-state index >= 15 is 0 Å². The predicted octanol–water partition coefficient (Wildman–Crippen LogP) is 0.689. The van der Waals surface area contributed by atoms with Crippen LogP contribution in [0.3, 0.4) is 0 Å². The summed E-state index contributed by atoms with van der Waals surface area (Å²) < 4.78 is 11.0. The average Bonchev–Trinajstić information content (AvgIpc) is 2.75. The topological polar surface area (TPSA) is 84.9 Å². The summed E-state index contributed by atoms with van der Waals surface area (Å²) in [5.41, 5.74) is -0.0360. The van der Waals surface area contributed by atoms with E-state index in [1.165, 1.54) is 0 Å². The summed E-state index contributed by atoms with van der Waals surface area (Å²) >= 11 is 0. The second kappa shape index (κ2) is 4.40. The summed E-state index contributed by atoms with van der Waals surface area (Å²) in [5, 5.41) is 11.8. The number of benzene rings is 1. The molecule has 0 spiro atoms. The SMILES string of the molecule is CC1(c2ccc3c(c2)OCCO3)CC(=O)NC1C(=O)O. The normalized spacial score (nSPS) is 28.1. The van der Waals surface area contributed by atoms with Crippen LogP contribution in [0, 0.1) is 0 Å². The highest BCUT2D eigenvalue weighted by Gasteiger charge is 2.48. The van der Waals surface area contributed by atoms with Crippen LogP contribution < -0.4 is 14.8 Å². The first kappa shape index (κ1) is 12.8. The van der Waals surface area contributed by atoms with Gasteiger partial charge in [-0.2, -0.15) is 0 Å². The zero-order chi connectivity index (χ0) is 14.3. The number of hydrogen-bond donors (Lipinski definition) is 2. The Bertz CT molecular complexity index is 585. The van der Waals surface area contributed by atoms with Gasteiger partial charge in [0.2, 0.25) is 5.91 Å². The molecule has 3 rings (SSSR count). The van der Waals surface area contributed by atoms with E-state index in [0.717, 1.165) is 5.56 Å². The molecule has 1 amide bonds. The van der Waals surface area contributed by atoms with Crippen molar-refractivity contribution >= 4 is 11.9 Å². The number of carboxylic acids is 1. The van der Waals surface area contributed by atoms with Crippen molar-refractivity contribution in [1.29, 1.82) is 0 Å². The van der Waals surface area contributed by atoms with Gasteiger partial charge in [0.25, 0.3) is 0 Å². The van der Waals surface area contributed by atoms with Crippen LogP contribution in [0.25, 0.3) is 0 Å². The molecule has 1 aromatic rings. The molecule has 20 heavy (non-hydrogen) atoms. The molecule has 1 aromatic carbocycles. The van der Waals surface area contributed by atoms with Gasteiger partial charge in [-0.15, -0.1) is 0 Å². The lowest BCUT2D eigenvalue weighted by Crippen LogP contribution is -2.44. The lowest BCUT2D eigenvalue weighted by molar-refractivity contribution is -0.141. The Morgan fingerprint density at radius 3 is 2.75 bits per heavy atom. The number of nitrogens with one attached hydrogen (secondary N) is 1. The highest BCUT2D eigenvalue weighted by Crippen LogP contribution is 2.40. The summed E-state index contributed by atoms with van der Waals surface area (Å²) in [5.74, 6) is -0.0470. The van der Waals surface area contributed by atoms with Crippen molar-refractivity contribution in [2.75, 3.05) is 13.2 Å². The Morgan fingerprint density at radius 1 is 1.35 bits per heavy atom. The Hall–Kier alpha value is -2.24. The lowest BCUT2D eigenvalue weighted by atomic mass is 9.76. The van der Waals surface area contributed by atoms with Gasteiger partial charge in [-0.3, -0.25) is 4.79 Å². The van der Waals surface area contributed by atoms with E-state index in [1.807, 2.05) is 0 Å². The second-order valence-corrected chi connectivity index (χ2v) is 5.29. The van der Waals surface area contributed by atoms with Crippen LogP contribution in [-0.4, -0.2) is 36.2 Å². The summed E-state index contributed by atoms with van der Waals surface area (Å²) in [6, 6.07) is 4.39. The first-order valence-corrected chi connectivity index (χ1v) is 6.43. The number of ether oxygens (including phenoxy) is 2. The van der Waals surface area contributed by atoms with Crippen molar-refractivity contribution < 1.29 is 24.2 Å². The minimum absolute atomic E-state index is 0.142. The maximum Gasteiger partial charge on any atom is 0.327 e. The van der Waals surface area contributed by atoms with Crippen LogP contribution in [0.15, 0.2) is 18.2 Å². The van der Waals surface area contributed by atoms with Crippen molar-refractivity contribution in [3.63, 3.8) is 0 Å². The average molecular weight is 277 g/mol. The van der Waals surface area contributed by atoms with Crippen LogP contribution in [0.1, 0.15) is 18.9 Å². The van der Waals surface area contributed by atoms with E-state index in [9.17, 15) is 14.7 Å². The number of amides is 1. The van der Waals surface area contributed by atoms with E-state index in [1.54, 1.807) is 25.1 Å². The smallest absolute Gasteiger partial charge is 0.327 e. The summed E-state index contributed by atoms with van der Waals surface area (Å²) in [7, 11) is 0. The molecule has 2 atom stereocenters. The second-order valence-electron chi connectivity index (χ2n) is 5.29. The number of hydrogen-bond acceptors (Lipinski definition) is 4. The summed E-state index contributed by atoms with van der Waals surface area (Å²) in [6.07, 6.45) is 0.142. The largest absolute Gasteiger partial charge is 0.486 e. The zero-order valence-corrected chi connectivity index (χ0v) is 11.0. The molecular weight excluding hydrogens is 262 g/mol. The number of aliphatic carboxylic acids is 1. The van der Waals surface area contributed by atoms with Crippen LogP contribution in [0.5, 0.6) is 11.5 Å². The molecule has 106 valence electrons. The summed E-state index contributed by atoms with van der Waals surface area (Å²) in [6.45, 7) is 2.74. The van der Waals surface area contributed by atoms with Gasteiger partial charge in [0.15, 0.2) is 11.5 Å². The molecule has 6 heteroatoms. The fraction of sp³-hybridized carbons (Fsp3) is 0.429. The van der Waals surface area contributed by atoms with Crippen LogP contribution >= 0.6 is 0 Å². The fourth-order valence-corrected chi connectivity index (χ4v) is 2.81. The molecule has 2 unspecified atom stereocenters. The molecule has 1 saturated heterocycles. The molecule has 2 aliphatic heterocycles. The Kier molecular flexibility index (Phi) is 2.81. The molecule has 6 nitrogen and oxygen atoms in total. The Balaban J connectivity index is 2.02. The molecule has 0 aromatic heterocycles. The van der Waals surface area contributed by atoms with Crippen molar-refractivity contribution in [1.82, 2.24) is 5.32 Å². The number of carboxylic acid groups (broad SMARTS) is 1. The first-order chi connectivity index (χ1) is 9.50. The highest BCUT2D eigenvalue weighted by atomic mass is 16.6. The molecule has 0 radical (unpaired) electrons. The third-order valence-corrected chi connectivity index (χ3v) is 3.92. The van der Waals surface area contributed by atoms with Gasteiger partial charge in [-0.25, -0.2) is 4.79 Å². The lowest BCUT2D eigenvalue weighted by Gasteiger charge is -2.29. The van der Waals surface area contributed by atoms with Gasteiger partial charge in [-0.1, -0.05) is 13.0 Å². The monoisotopic (exact) mass is 277 g/mol. The van der Waals surface area contributed by atoms with Gasteiger partial charge >= 0.3 is 5.97 Å². The molecule has 0 aliphatic carbocycles. The molecule has 2 N–H and O–H groups in total. The first-order valence-electron chi connectivity index (χ1n) is 6.43. The van der Waals surface area contributed by atoms with Crippen LogP contribution in [0.2, 0.25) is 0 Å². The van der Waals surface area contributed by atoms with Gasteiger partial charge in [-0.05, 0) is 17.7 Å². The number of fused-ring (bicyclic) bond motifs is 1. The number of rotatable bonds is 2. The quantitative estimate of drug-likeness (QED) is 0.830. The molecule has 2 heterocycles. The molecule has 0 saturated carbocycles. The number of carbonyl (C=O) groups excluding carboxylic acids is 1. The van der Waals surface area contributed by atoms with Gasteiger partial charge < -0.3 is 19.9 Å². The van der Waals surface area contributed by atoms with Gasteiger partial charge in [0.1, 0.15) is 19.3 Å². The highest BCUT2D eigenvalue weighted by molar-refractivity contribution is 5.90. The van der Waals surface area contributed by atoms with E-state index in [-0.39, 0.29) is 12.3 Å². The molecule has 1 fully saturated rings. The molecular formula is C14H15NO5.